The van der Waals surface area contributed by atoms with E-state index in [2.05, 4.69) is 10.5 Å². The number of amidine groups is 1. The quantitative estimate of drug-likeness (QED) is 0.229. The summed E-state index contributed by atoms with van der Waals surface area (Å²) in [5.74, 6) is -0.529. The van der Waals surface area contributed by atoms with Crippen molar-refractivity contribution in [2.24, 2.45) is 28.0 Å². The number of rotatable bonds is 5. The average molecular weight is 256 g/mol. The van der Waals surface area contributed by atoms with E-state index in [4.69, 9.17) is 16.7 Å². The highest BCUT2D eigenvalue weighted by Gasteiger charge is 2.52. The highest BCUT2D eigenvalue weighted by atomic mass is 16.4. The van der Waals surface area contributed by atoms with E-state index in [-0.39, 0.29) is 24.2 Å². The zero-order chi connectivity index (χ0) is 13.9. The fraction of sp³-hybridized carbons (Fsp3) is 0.727. The summed E-state index contributed by atoms with van der Waals surface area (Å²) >= 11 is 0. The molecule has 1 aliphatic rings. The fourth-order valence-corrected chi connectivity index (χ4v) is 2.45. The van der Waals surface area contributed by atoms with Gasteiger partial charge in [-0.05, 0) is 25.7 Å². The molecule has 1 saturated carbocycles. The first-order valence-corrected chi connectivity index (χ1v) is 5.89. The summed E-state index contributed by atoms with van der Waals surface area (Å²) in [4.78, 5) is 22.9. The van der Waals surface area contributed by atoms with Crippen LogP contribution in [0, 0.1) is 11.3 Å². The molecule has 0 aliphatic heterocycles. The number of carbonyl (C=O) groups excluding carboxylic acids is 2. The third-order valence-corrected chi connectivity index (χ3v) is 3.31. The molecule has 6 N–H and O–H groups in total. The Labute approximate surface area is 106 Å². The number of oxime groups is 1. The molecule has 0 radical (unpaired) electrons. The number of hydrogen-bond acceptors (Lipinski definition) is 4. The molecule has 0 saturated heterocycles. The number of nitrogens with two attached hydrogens (primary N) is 2. The first kappa shape index (κ1) is 14.3. The van der Waals surface area contributed by atoms with Crippen LogP contribution < -0.4 is 16.8 Å². The van der Waals surface area contributed by atoms with E-state index in [1.165, 1.54) is 0 Å². The van der Waals surface area contributed by atoms with Gasteiger partial charge in [-0.1, -0.05) is 12.1 Å². The molecule has 0 aromatic heterocycles. The lowest BCUT2D eigenvalue weighted by Crippen LogP contribution is -2.58. The van der Waals surface area contributed by atoms with Crippen LogP contribution in [-0.4, -0.2) is 28.9 Å². The summed E-state index contributed by atoms with van der Waals surface area (Å²) < 4.78 is 0. The van der Waals surface area contributed by atoms with Crippen molar-refractivity contribution >= 4 is 17.6 Å². The van der Waals surface area contributed by atoms with Gasteiger partial charge in [0.1, 0.15) is 5.41 Å². The third-order valence-electron chi connectivity index (χ3n) is 3.31. The van der Waals surface area contributed by atoms with Crippen LogP contribution in [0.1, 0.15) is 33.1 Å². The van der Waals surface area contributed by atoms with E-state index >= 15 is 0 Å². The number of carbonyl (C=O) groups is 2. The van der Waals surface area contributed by atoms with Crippen LogP contribution in [0.25, 0.3) is 0 Å². The van der Waals surface area contributed by atoms with Crippen molar-refractivity contribution in [3.63, 3.8) is 0 Å². The minimum Gasteiger partial charge on any atom is -0.409 e. The lowest BCUT2D eigenvalue weighted by atomic mass is 9.61. The second-order valence-electron chi connectivity index (χ2n) is 5.13. The van der Waals surface area contributed by atoms with E-state index in [1.807, 2.05) is 6.92 Å². The van der Waals surface area contributed by atoms with Crippen LogP contribution in [0.4, 0.5) is 0 Å². The zero-order valence-electron chi connectivity index (χ0n) is 10.6. The van der Waals surface area contributed by atoms with Crippen LogP contribution in [0.5, 0.6) is 0 Å². The molecule has 0 spiro atoms. The molecular formula is C11H20N4O3. The maximum absolute atomic E-state index is 12.1. The largest absolute Gasteiger partial charge is 0.409 e. The number of amides is 2. The van der Waals surface area contributed by atoms with Gasteiger partial charge in [-0.15, -0.1) is 0 Å². The van der Waals surface area contributed by atoms with Gasteiger partial charge in [-0.25, -0.2) is 0 Å². The molecule has 0 aromatic carbocycles. The molecule has 0 bridgehead atoms. The molecule has 0 heterocycles. The lowest BCUT2D eigenvalue weighted by molar-refractivity contribution is -0.134. The van der Waals surface area contributed by atoms with Crippen LogP contribution in [0.3, 0.4) is 0 Å². The zero-order valence-corrected chi connectivity index (χ0v) is 10.6. The van der Waals surface area contributed by atoms with Gasteiger partial charge in [0.25, 0.3) is 0 Å². The first-order chi connectivity index (χ1) is 8.31. The van der Waals surface area contributed by atoms with Gasteiger partial charge >= 0.3 is 0 Å². The summed E-state index contributed by atoms with van der Waals surface area (Å²) in [5, 5.41) is 14.4. The third kappa shape index (κ3) is 2.72. The van der Waals surface area contributed by atoms with Crippen molar-refractivity contribution in [3.8, 4) is 0 Å². The van der Waals surface area contributed by atoms with Crippen molar-refractivity contribution in [2.45, 2.75) is 39.2 Å². The van der Waals surface area contributed by atoms with Gasteiger partial charge in [0, 0.05) is 12.5 Å². The maximum Gasteiger partial charge on any atom is 0.234 e. The highest BCUT2D eigenvalue weighted by Crippen LogP contribution is 2.45. The van der Waals surface area contributed by atoms with Gasteiger partial charge in [0.05, 0.1) is 0 Å². The second kappa shape index (κ2) is 5.24. The monoisotopic (exact) mass is 256 g/mol. The molecule has 102 valence electrons. The lowest BCUT2D eigenvalue weighted by Gasteiger charge is -2.44. The molecule has 7 nitrogen and oxygen atoms in total. The number of hydrogen-bond donors (Lipinski definition) is 4. The number of nitrogens with one attached hydrogen (secondary N) is 1. The molecule has 1 rings (SSSR count). The van der Waals surface area contributed by atoms with Gasteiger partial charge in [-0.2, -0.15) is 0 Å². The Morgan fingerprint density at radius 1 is 1.50 bits per heavy atom. The standard InChI is InChI=1S/C11H20N4O3/c1-6-4-11(5-6,9(13)15-18)10(17)14-7(2)3-8(12)16/h6-7,18H,3-5H2,1-2H3,(H2,12,16)(H2,13,15)(H,14,17). The topological polar surface area (TPSA) is 131 Å². The van der Waals surface area contributed by atoms with Crippen LogP contribution in [-0.2, 0) is 9.59 Å². The summed E-state index contributed by atoms with van der Waals surface area (Å²) in [7, 11) is 0. The van der Waals surface area contributed by atoms with Crippen LogP contribution >= 0.6 is 0 Å². The summed E-state index contributed by atoms with van der Waals surface area (Å²) in [6, 6.07) is -0.366. The van der Waals surface area contributed by atoms with Crippen molar-refractivity contribution in [2.75, 3.05) is 0 Å². The predicted molar refractivity (Wildman–Crippen MR) is 65.7 cm³/mol. The van der Waals surface area contributed by atoms with Gasteiger partial charge in [-0.3, -0.25) is 9.59 Å². The van der Waals surface area contributed by atoms with Crippen LogP contribution in [0.15, 0.2) is 5.16 Å². The predicted octanol–water partition coefficient (Wildman–Crippen LogP) is -0.471. The Kier molecular flexibility index (Phi) is 4.15. The van der Waals surface area contributed by atoms with Crippen molar-refractivity contribution in [1.82, 2.24) is 5.32 Å². The Morgan fingerprint density at radius 3 is 2.44 bits per heavy atom. The Hall–Kier alpha value is -1.79. The minimum absolute atomic E-state index is 0.0630. The van der Waals surface area contributed by atoms with Crippen LogP contribution in [0.2, 0.25) is 0 Å². The SMILES string of the molecule is CC1CC(C(=O)NC(C)CC(N)=O)(C(N)=NO)C1. The van der Waals surface area contributed by atoms with Gasteiger partial charge in [0.2, 0.25) is 11.8 Å². The summed E-state index contributed by atoms with van der Waals surface area (Å²) in [6.07, 6.45) is 1.14. The van der Waals surface area contributed by atoms with Crippen molar-refractivity contribution < 1.29 is 14.8 Å². The van der Waals surface area contributed by atoms with E-state index in [1.54, 1.807) is 6.92 Å². The fourth-order valence-electron chi connectivity index (χ4n) is 2.45. The van der Waals surface area contributed by atoms with E-state index in [0.717, 1.165) is 0 Å². The number of primary amides is 1. The molecule has 0 aromatic rings. The van der Waals surface area contributed by atoms with Gasteiger partial charge < -0.3 is 22.0 Å². The van der Waals surface area contributed by atoms with Gasteiger partial charge in [0.15, 0.2) is 5.84 Å². The molecule has 1 atom stereocenters. The molecule has 7 heteroatoms. The van der Waals surface area contributed by atoms with E-state index in [9.17, 15) is 9.59 Å². The smallest absolute Gasteiger partial charge is 0.234 e. The molecule has 1 unspecified atom stereocenters. The van der Waals surface area contributed by atoms with Crippen molar-refractivity contribution in [1.29, 1.82) is 0 Å². The second-order valence-corrected chi connectivity index (χ2v) is 5.13. The van der Waals surface area contributed by atoms with Crippen molar-refractivity contribution in [3.05, 3.63) is 0 Å². The minimum atomic E-state index is -0.944. The molecule has 1 fully saturated rings. The Morgan fingerprint density at radius 2 is 2.06 bits per heavy atom. The first-order valence-electron chi connectivity index (χ1n) is 5.89. The summed E-state index contributed by atoms with van der Waals surface area (Å²) in [5.41, 5.74) is 9.71. The molecule has 1 aliphatic carbocycles. The molecule has 2 amide bonds. The van der Waals surface area contributed by atoms with E-state index in [0.29, 0.717) is 18.8 Å². The maximum atomic E-state index is 12.1. The number of nitrogens with zero attached hydrogens (tertiary/aromatic N) is 1. The normalized spacial score (nSPS) is 29.2. The van der Waals surface area contributed by atoms with E-state index < -0.39 is 11.3 Å². The average Bonchev–Trinajstić information content (AvgIpc) is 2.21. The summed E-state index contributed by atoms with van der Waals surface area (Å²) in [6.45, 7) is 3.67. The Bertz CT molecular complexity index is 374. The highest BCUT2D eigenvalue weighted by molar-refractivity contribution is 6.07. The molecular weight excluding hydrogens is 236 g/mol. The molecule has 18 heavy (non-hydrogen) atoms. The Balaban J connectivity index is 2.71.